The van der Waals surface area contributed by atoms with Gasteiger partial charge in [0.15, 0.2) is 0 Å². The first-order valence-corrected chi connectivity index (χ1v) is 18.9. The SMILES string of the molecule is CCCCCCCCCCCCCCCCCC(=O)OC(CO)COCC(O)COCC(O)COCC(O)COCC(O)COCC(O)CO. The van der Waals surface area contributed by atoms with Crippen molar-refractivity contribution in [1.29, 1.82) is 0 Å². The Morgan fingerprint density at radius 2 is 0.720 bits per heavy atom. The van der Waals surface area contributed by atoms with Crippen molar-refractivity contribution in [2.75, 3.05) is 79.3 Å². The van der Waals surface area contributed by atoms with E-state index in [0.29, 0.717) is 6.42 Å². The predicted molar refractivity (Wildman–Crippen MR) is 188 cm³/mol. The first kappa shape index (κ1) is 49.0. The van der Waals surface area contributed by atoms with Crippen molar-refractivity contribution in [2.24, 2.45) is 0 Å². The normalized spacial score (nSPS) is 15.4. The lowest BCUT2D eigenvalue weighted by Crippen LogP contribution is -2.32. The van der Waals surface area contributed by atoms with E-state index in [1.54, 1.807) is 0 Å². The van der Waals surface area contributed by atoms with Crippen LogP contribution in [0, 0.1) is 0 Å². The molecule has 0 saturated heterocycles. The summed E-state index contributed by atoms with van der Waals surface area (Å²) in [6.07, 6.45) is 13.2. The lowest BCUT2D eigenvalue weighted by Gasteiger charge is -2.18. The predicted octanol–water partition coefficient (Wildman–Crippen LogP) is 2.03. The molecule has 0 fully saturated rings. The zero-order valence-electron chi connectivity index (χ0n) is 30.8. The minimum atomic E-state index is -1.02. The standard InChI is InChI=1S/C36H72O14/c1-2-3-4-5-6-7-8-9-10-11-12-13-14-15-16-17-36(44)50-35(19-38)29-49-28-34(43)27-48-26-33(42)25-47-24-32(41)23-46-22-31(40)21-45-20-30(39)18-37/h30-35,37-43H,2-29H2,1H3. The molecule has 14 heteroatoms. The first-order chi connectivity index (χ1) is 24.2. The molecule has 0 aliphatic carbocycles. The molecule has 0 aliphatic heterocycles. The molecular formula is C36H72O14. The highest BCUT2D eigenvalue weighted by Gasteiger charge is 2.16. The van der Waals surface area contributed by atoms with Crippen molar-refractivity contribution in [1.82, 2.24) is 0 Å². The van der Waals surface area contributed by atoms with Crippen LogP contribution in [0.4, 0.5) is 0 Å². The third-order valence-corrected chi connectivity index (χ3v) is 7.79. The molecule has 0 aromatic carbocycles. The van der Waals surface area contributed by atoms with Crippen molar-refractivity contribution in [2.45, 2.75) is 146 Å². The van der Waals surface area contributed by atoms with Crippen LogP contribution < -0.4 is 0 Å². The number of aliphatic hydroxyl groups excluding tert-OH is 7. The van der Waals surface area contributed by atoms with Crippen molar-refractivity contribution < 1.29 is 69.0 Å². The molecular weight excluding hydrogens is 656 g/mol. The molecule has 50 heavy (non-hydrogen) atoms. The van der Waals surface area contributed by atoms with Gasteiger partial charge in [-0.15, -0.1) is 0 Å². The molecule has 6 atom stereocenters. The van der Waals surface area contributed by atoms with Gasteiger partial charge in [-0.2, -0.15) is 0 Å². The van der Waals surface area contributed by atoms with Crippen LogP contribution in [0.5, 0.6) is 0 Å². The minimum absolute atomic E-state index is 0.0673. The van der Waals surface area contributed by atoms with Gasteiger partial charge >= 0.3 is 5.97 Å². The number of carbonyl (C=O) groups is 1. The van der Waals surface area contributed by atoms with E-state index in [0.717, 1.165) is 19.3 Å². The molecule has 14 nitrogen and oxygen atoms in total. The molecule has 0 heterocycles. The molecule has 6 unspecified atom stereocenters. The van der Waals surface area contributed by atoms with E-state index in [-0.39, 0.29) is 78.6 Å². The van der Waals surface area contributed by atoms with E-state index in [1.165, 1.54) is 77.0 Å². The van der Waals surface area contributed by atoms with Crippen LogP contribution in [-0.2, 0) is 33.2 Å². The van der Waals surface area contributed by atoms with Crippen molar-refractivity contribution in [3.8, 4) is 0 Å². The molecule has 0 aromatic heterocycles. The van der Waals surface area contributed by atoms with Gasteiger partial charge in [0.1, 0.15) is 36.6 Å². The number of carbonyl (C=O) groups excluding carboxylic acids is 1. The van der Waals surface area contributed by atoms with Crippen LogP contribution in [0.15, 0.2) is 0 Å². The van der Waals surface area contributed by atoms with E-state index in [9.17, 15) is 30.3 Å². The maximum Gasteiger partial charge on any atom is 0.306 e. The number of esters is 1. The zero-order chi connectivity index (χ0) is 37.1. The van der Waals surface area contributed by atoms with Gasteiger partial charge in [-0.1, -0.05) is 96.8 Å². The topological polar surface area (TPSA) is 214 Å². The second-order valence-electron chi connectivity index (χ2n) is 13.1. The maximum atomic E-state index is 12.2. The summed E-state index contributed by atoms with van der Waals surface area (Å²) in [6, 6.07) is 0. The van der Waals surface area contributed by atoms with Gasteiger partial charge in [-0.3, -0.25) is 4.79 Å². The van der Waals surface area contributed by atoms with Gasteiger partial charge in [0, 0.05) is 6.42 Å². The van der Waals surface area contributed by atoms with Crippen LogP contribution in [0.1, 0.15) is 110 Å². The molecule has 0 radical (unpaired) electrons. The van der Waals surface area contributed by atoms with E-state index >= 15 is 0 Å². The number of aliphatic hydroxyl groups is 7. The molecule has 300 valence electrons. The van der Waals surface area contributed by atoms with Gasteiger partial charge in [0.25, 0.3) is 0 Å². The fourth-order valence-corrected chi connectivity index (χ4v) is 4.95. The number of hydrogen-bond donors (Lipinski definition) is 7. The first-order valence-electron chi connectivity index (χ1n) is 18.9. The van der Waals surface area contributed by atoms with E-state index in [2.05, 4.69) is 6.92 Å². The summed E-state index contributed by atoms with van der Waals surface area (Å²) in [7, 11) is 0. The van der Waals surface area contributed by atoms with Crippen LogP contribution in [0.25, 0.3) is 0 Å². The number of hydrogen-bond acceptors (Lipinski definition) is 14. The molecule has 0 aromatic rings. The Morgan fingerprint density at radius 1 is 0.420 bits per heavy atom. The maximum absolute atomic E-state index is 12.2. The van der Waals surface area contributed by atoms with Crippen molar-refractivity contribution in [3.63, 3.8) is 0 Å². The van der Waals surface area contributed by atoms with E-state index in [4.69, 9.17) is 38.6 Å². The second-order valence-corrected chi connectivity index (χ2v) is 13.1. The van der Waals surface area contributed by atoms with Gasteiger partial charge in [0.2, 0.25) is 0 Å². The lowest BCUT2D eigenvalue weighted by atomic mass is 10.0. The van der Waals surface area contributed by atoms with Crippen molar-refractivity contribution >= 4 is 5.97 Å². The van der Waals surface area contributed by atoms with Gasteiger partial charge < -0.3 is 64.2 Å². The van der Waals surface area contributed by atoms with Crippen LogP contribution in [-0.4, -0.2) is 158 Å². The molecule has 0 aliphatic rings. The average Bonchev–Trinajstić information content (AvgIpc) is 3.09. The molecule has 0 spiro atoms. The third-order valence-electron chi connectivity index (χ3n) is 7.79. The molecule has 7 N–H and O–H groups in total. The lowest BCUT2D eigenvalue weighted by molar-refractivity contribution is -0.155. The monoisotopic (exact) mass is 728 g/mol. The Hall–Kier alpha value is -1.01. The smallest absolute Gasteiger partial charge is 0.306 e. The Kier molecular flexibility index (Phi) is 35.6. The third kappa shape index (κ3) is 34.1. The highest BCUT2D eigenvalue weighted by Crippen LogP contribution is 2.14. The Morgan fingerprint density at radius 3 is 1.04 bits per heavy atom. The van der Waals surface area contributed by atoms with Crippen LogP contribution in [0.2, 0.25) is 0 Å². The number of unbranched alkanes of at least 4 members (excludes halogenated alkanes) is 14. The summed E-state index contributed by atoms with van der Waals surface area (Å²) in [6.45, 7) is 0.280. The quantitative estimate of drug-likeness (QED) is 0.0357. The Bertz CT molecular complexity index is 718. The average molecular weight is 729 g/mol. The van der Waals surface area contributed by atoms with Gasteiger partial charge in [0.05, 0.1) is 79.3 Å². The fraction of sp³-hybridized carbons (Fsp3) is 0.972. The molecule has 0 bridgehead atoms. The van der Waals surface area contributed by atoms with Gasteiger partial charge in [-0.25, -0.2) is 0 Å². The summed E-state index contributed by atoms with van der Waals surface area (Å²) in [5.41, 5.74) is 0. The summed E-state index contributed by atoms with van der Waals surface area (Å²) in [4.78, 5) is 12.2. The summed E-state index contributed by atoms with van der Waals surface area (Å²) >= 11 is 0. The largest absolute Gasteiger partial charge is 0.457 e. The number of rotatable bonds is 39. The summed E-state index contributed by atoms with van der Waals surface area (Å²) in [5.74, 6) is -0.375. The van der Waals surface area contributed by atoms with E-state index < -0.39 is 43.2 Å². The minimum Gasteiger partial charge on any atom is -0.457 e. The number of ether oxygens (including phenoxy) is 6. The highest BCUT2D eigenvalue weighted by atomic mass is 16.6. The van der Waals surface area contributed by atoms with Gasteiger partial charge in [-0.05, 0) is 6.42 Å². The summed E-state index contributed by atoms with van der Waals surface area (Å²) in [5, 5.41) is 67.0. The molecule has 0 saturated carbocycles. The molecule has 0 amide bonds. The second kappa shape index (κ2) is 36.4. The highest BCUT2D eigenvalue weighted by molar-refractivity contribution is 5.69. The fourth-order valence-electron chi connectivity index (χ4n) is 4.95. The Balaban J connectivity index is 3.70. The zero-order valence-corrected chi connectivity index (χ0v) is 30.8. The van der Waals surface area contributed by atoms with Crippen molar-refractivity contribution in [3.05, 3.63) is 0 Å². The van der Waals surface area contributed by atoms with Crippen LogP contribution in [0.3, 0.4) is 0 Å². The Labute approximate surface area is 300 Å². The van der Waals surface area contributed by atoms with E-state index in [1.807, 2.05) is 0 Å². The van der Waals surface area contributed by atoms with Crippen LogP contribution >= 0.6 is 0 Å². The summed E-state index contributed by atoms with van der Waals surface area (Å²) < 4.78 is 31.4. The molecule has 0 rings (SSSR count).